The highest BCUT2D eigenvalue weighted by molar-refractivity contribution is 6.16. The van der Waals surface area contributed by atoms with E-state index in [0.29, 0.717) is 31.3 Å². The normalized spacial score (nSPS) is 11.1. The van der Waals surface area contributed by atoms with Crippen LogP contribution in [0.1, 0.15) is 63.9 Å². The summed E-state index contributed by atoms with van der Waals surface area (Å²) in [5, 5.41) is 28.9. The summed E-state index contributed by atoms with van der Waals surface area (Å²) in [5.74, 6) is -5.10. The number of hydrogen-bond acceptors (Lipinski definition) is 14. The third kappa shape index (κ3) is 10.9. The first-order valence-electron chi connectivity index (χ1n) is 25.3. The van der Waals surface area contributed by atoms with Crippen molar-refractivity contribution < 1.29 is 58.0 Å². The van der Waals surface area contributed by atoms with Gasteiger partial charge in [0.25, 0.3) is 22.9 Å². The van der Waals surface area contributed by atoms with Crippen LogP contribution in [0.2, 0.25) is 0 Å². The Morgan fingerprint density at radius 2 is 0.893 bits per heavy atom. The first kappa shape index (κ1) is 55.4. The zero-order chi connectivity index (χ0) is 59.7. The van der Waals surface area contributed by atoms with E-state index in [0.717, 1.165) is 0 Å². The monoisotopic (exact) mass is 1140 g/mol. The van der Waals surface area contributed by atoms with Gasteiger partial charge in [-0.1, -0.05) is 36.4 Å². The molecule has 10 aromatic rings. The number of ketones is 2. The number of nitrogens with zero attached hydrogens (tertiary/aromatic N) is 4. The van der Waals surface area contributed by atoms with Crippen molar-refractivity contribution in [3.8, 4) is 11.5 Å². The van der Waals surface area contributed by atoms with Crippen LogP contribution in [0.4, 0.5) is 21.0 Å². The van der Waals surface area contributed by atoms with E-state index in [-0.39, 0.29) is 91.4 Å². The molecule has 4 amide bonds. The minimum Gasteiger partial charge on any atom is -0.480 e. The fraction of sp³-hybridized carbons (Fsp3) is 0.103. The standard InChI is InChI=1S/C58H44N10O16/c1-29-45(41-13-3-5-21-65(41)47(29)49(73)31-15-17-37-39(25-31)61-55(79)67(53(37)77)27-43(69)70)63-51(75)33-9-7-11-35(23-33)83-57(81)59-19-20-60-58(82)84-36-12-8-10-34(24-36)52(76)64-46-30(2)48(66-22-6-4-14-42(46)66)50(74)32-16-18-38-40(26-32)62-56(80)68(54(38)78)28-44(71)72/h3-18,21-26H,19-20,27-28H2,1-2H3,(H,59,81)(H,60,82)(H,61,79)(H,62,80)(H,63,75)(H,64,76)(H,69,70)(H,71,72). The molecule has 0 saturated heterocycles. The SMILES string of the molecule is Cc1c(NC(=O)c2cccc(OC(=O)NCCNC(=O)Oc3cccc(C(=O)Nc4c(C)c(C(=O)c5ccc6c(=O)n(CC(=O)O)c(=O)[nH]c6c5)n5ccccc45)c3)c2)c2ccccn2c1C(=O)c1ccc2c(=O)n(CC(=O)O)c(=O)[nH]c2c1. The van der Waals surface area contributed by atoms with Crippen LogP contribution in [0, 0.1) is 13.8 Å². The van der Waals surface area contributed by atoms with Gasteiger partial charge in [-0.3, -0.25) is 38.4 Å². The lowest BCUT2D eigenvalue weighted by Crippen LogP contribution is -2.37. The molecule has 6 heterocycles. The van der Waals surface area contributed by atoms with Gasteiger partial charge in [-0.15, -0.1) is 0 Å². The number of carbonyl (C=O) groups is 8. The number of anilines is 2. The molecule has 0 saturated carbocycles. The van der Waals surface area contributed by atoms with Gasteiger partial charge in [0, 0.05) is 58.9 Å². The van der Waals surface area contributed by atoms with Crippen LogP contribution in [-0.2, 0) is 22.7 Å². The maximum absolute atomic E-state index is 14.1. The summed E-state index contributed by atoms with van der Waals surface area (Å²) in [6.45, 7) is 1.28. The molecule has 0 aliphatic heterocycles. The third-order valence-corrected chi connectivity index (χ3v) is 13.4. The van der Waals surface area contributed by atoms with Crippen molar-refractivity contribution in [2.75, 3.05) is 23.7 Å². The van der Waals surface area contributed by atoms with Gasteiger partial charge in [-0.25, -0.2) is 28.3 Å². The Labute approximate surface area is 469 Å². The van der Waals surface area contributed by atoms with Crippen molar-refractivity contribution in [3.63, 3.8) is 0 Å². The highest BCUT2D eigenvalue weighted by Gasteiger charge is 2.27. The van der Waals surface area contributed by atoms with E-state index in [1.54, 1.807) is 71.4 Å². The largest absolute Gasteiger partial charge is 0.480 e. The van der Waals surface area contributed by atoms with Crippen molar-refractivity contribution in [2.45, 2.75) is 26.9 Å². The van der Waals surface area contributed by atoms with E-state index in [1.807, 2.05) is 0 Å². The summed E-state index contributed by atoms with van der Waals surface area (Å²) in [4.78, 5) is 160. The Kier molecular flexibility index (Phi) is 14.9. The smallest absolute Gasteiger partial charge is 0.412 e. The molecule has 84 heavy (non-hydrogen) atoms. The lowest BCUT2D eigenvalue weighted by molar-refractivity contribution is -0.138. The number of fused-ring (bicyclic) bond motifs is 4. The summed E-state index contributed by atoms with van der Waals surface area (Å²) in [5.41, 5.74) is -0.734. The second kappa shape index (κ2) is 22.7. The van der Waals surface area contributed by atoms with Gasteiger partial charge in [0.1, 0.15) is 24.6 Å². The maximum atomic E-state index is 14.1. The molecule has 0 aliphatic rings. The molecule has 4 aromatic carbocycles. The molecule has 0 radical (unpaired) electrons. The van der Waals surface area contributed by atoms with Gasteiger partial charge in [0.2, 0.25) is 11.6 Å². The number of rotatable bonds is 17. The Balaban J connectivity index is 0.735. The molecule has 26 nitrogen and oxygen atoms in total. The van der Waals surface area contributed by atoms with E-state index in [2.05, 4.69) is 31.2 Å². The van der Waals surface area contributed by atoms with Crippen LogP contribution in [-0.4, -0.2) is 98.7 Å². The predicted octanol–water partition coefficient (Wildman–Crippen LogP) is 4.83. The van der Waals surface area contributed by atoms with Crippen LogP contribution in [0.15, 0.2) is 153 Å². The number of pyridine rings is 2. The number of ether oxygens (including phenoxy) is 2. The molecule has 0 atom stereocenters. The predicted molar refractivity (Wildman–Crippen MR) is 301 cm³/mol. The number of carboxylic acids is 2. The maximum Gasteiger partial charge on any atom is 0.412 e. The number of carbonyl (C=O) groups excluding carboxylic acids is 6. The molecule has 26 heteroatoms. The number of carboxylic acid groups (broad SMARTS) is 2. The molecule has 0 spiro atoms. The van der Waals surface area contributed by atoms with E-state index in [9.17, 15) is 57.5 Å². The topological polar surface area (TPSA) is 362 Å². The number of aromatic nitrogens is 6. The van der Waals surface area contributed by atoms with E-state index < -0.39 is 83.1 Å². The zero-order valence-electron chi connectivity index (χ0n) is 43.9. The average Bonchev–Trinajstić information content (AvgIpc) is 2.08. The molecule has 0 aliphatic carbocycles. The summed E-state index contributed by atoms with van der Waals surface area (Å²) >= 11 is 0. The summed E-state index contributed by atoms with van der Waals surface area (Å²) in [6.07, 6.45) is 1.38. The van der Waals surface area contributed by atoms with Gasteiger partial charge >= 0.3 is 35.5 Å². The van der Waals surface area contributed by atoms with Gasteiger partial charge in [-0.2, -0.15) is 0 Å². The van der Waals surface area contributed by atoms with Gasteiger partial charge in [0.05, 0.1) is 55.6 Å². The molecule has 8 N–H and O–H groups in total. The Hall–Kier alpha value is -12.0. The number of hydrogen-bond donors (Lipinski definition) is 8. The highest BCUT2D eigenvalue weighted by Crippen LogP contribution is 2.33. The van der Waals surface area contributed by atoms with Crippen molar-refractivity contribution in [1.82, 2.24) is 38.5 Å². The van der Waals surface area contributed by atoms with Crippen LogP contribution >= 0.6 is 0 Å². The van der Waals surface area contributed by atoms with E-state index in [4.69, 9.17) is 19.7 Å². The number of H-pyrrole nitrogens is 2. The Bertz CT molecular complexity index is 4440. The second-order valence-corrected chi connectivity index (χ2v) is 18.8. The number of aromatic amines is 2. The average molecular weight is 1140 g/mol. The van der Waals surface area contributed by atoms with E-state index >= 15 is 0 Å². The Morgan fingerprint density at radius 1 is 0.488 bits per heavy atom. The van der Waals surface area contributed by atoms with E-state index in [1.165, 1.54) is 84.9 Å². The molecule has 422 valence electrons. The molecule has 10 rings (SSSR count). The molecular weight excluding hydrogens is 1090 g/mol. The molecule has 0 fully saturated rings. The number of aliphatic carboxylic acids is 2. The lowest BCUT2D eigenvalue weighted by Gasteiger charge is -2.10. The zero-order valence-corrected chi connectivity index (χ0v) is 43.9. The minimum absolute atomic E-state index is 0.0106. The van der Waals surface area contributed by atoms with Crippen LogP contribution in [0.5, 0.6) is 11.5 Å². The summed E-state index contributed by atoms with van der Waals surface area (Å²) in [7, 11) is 0. The quantitative estimate of drug-likeness (QED) is 0.0447. The van der Waals surface area contributed by atoms with Crippen LogP contribution in [0.25, 0.3) is 32.8 Å². The summed E-state index contributed by atoms with van der Waals surface area (Å²) < 4.78 is 15.0. The molecule has 0 unspecified atom stereocenters. The van der Waals surface area contributed by atoms with Crippen LogP contribution < -0.4 is 53.2 Å². The number of benzene rings is 4. The van der Waals surface area contributed by atoms with Gasteiger partial charge in [-0.05, 0) is 98.8 Å². The highest BCUT2D eigenvalue weighted by atomic mass is 16.6. The summed E-state index contributed by atoms with van der Waals surface area (Å²) in [6, 6.07) is 29.5. The van der Waals surface area contributed by atoms with Crippen LogP contribution in [0.3, 0.4) is 0 Å². The van der Waals surface area contributed by atoms with Gasteiger partial charge < -0.3 is 59.7 Å². The second-order valence-electron chi connectivity index (χ2n) is 18.8. The van der Waals surface area contributed by atoms with Crippen molar-refractivity contribution in [1.29, 1.82) is 0 Å². The van der Waals surface area contributed by atoms with Crippen molar-refractivity contribution in [2.24, 2.45) is 0 Å². The first-order valence-corrected chi connectivity index (χ1v) is 25.3. The first-order chi connectivity index (χ1) is 40.3. The van der Waals surface area contributed by atoms with Crippen molar-refractivity contribution >= 4 is 91.7 Å². The fourth-order valence-corrected chi connectivity index (χ4v) is 9.55. The lowest BCUT2D eigenvalue weighted by atomic mass is 10.0. The Morgan fingerprint density at radius 3 is 1.29 bits per heavy atom. The molecule has 0 bridgehead atoms. The number of nitrogens with one attached hydrogen (secondary N) is 6. The molecular formula is C58H44N10O16. The van der Waals surface area contributed by atoms with Gasteiger partial charge in [0.15, 0.2) is 0 Å². The third-order valence-electron chi connectivity index (χ3n) is 13.4. The number of amides is 4. The fourth-order valence-electron chi connectivity index (χ4n) is 9.55. The molecule has 6 aromatic heterocycles. The van der Waals surface area contributed by atoms with Crippen molar-refractivity contribution in [3.05, 3.63) is 220 Å². The minimum atomic E-state index is -1.39.